The summed E-state index contributed by atoms with van der Waals surface area (Å²) in [5, 5.41) is 5.24. The van der Waals surface area contributed by atoms with Crippen molar-refractivity contribution >= 4 is 29.2 Å². The van der Waals surface area contributed by atoms with Crippen LogP contribution in [0, 0.1) is 0 Å². The van der Waals surface area contributed by atoms with E-state index in [2.05, 4.69) is 5.10 Å². The zero-order valence-electron chi connectivity index (χ0n) is 18.9. The first-order valence-corrected chi connectivity index (χ1v) is 11.5. The summed E-state index contributed by atoms with van der Waals surface area (Å²) < 4.78 is 19.8. The zero-order valence-corrected chi connectivity index (χ0v) is 19.6. The minimum absolute atomic E-state index is 0.122. The van der Waals surface area contributed by atoms with Crippen LogP contribution in [0.1, 0.15) is 29.2 Å². The van der Waals surface area contributed by atoms with Gasteiger partial charge in [-0.1, -0.05) is 11.6 Å². The Bertz CT molecular complexity index is 1240. The van der Waals surface area contributed by atoms with Gasteiger partial charge in [-0.25, -0.2) is 9.07 Å². The highest BCUT2D eigenvalue weighted by atomic mass is 35.5. The number of aromatic nitrogens is 2. The molecule has 2 amide bonds. The molecule has 3 aromatic rings. The van der Waals surface area contributed by atoms with E-state index < -0.39 is 12.6 Å². The van der Waals surface area contributed by atoms with E-state index in [1.54, 1.807) is 58.1 Å². The number of halogens is 2. The summed E-state index contributed by atoms with van der Waals surface area (Å²) in [5.41, 5.74) is 13.1. The van der Waals surface area contributed by atoms with Crippen molar-refractivity contribution in [1.29, 1.82) is 0 Å². The fourth-order valence-electron chi connectivity index (χ4n) is 4.10. The number of amides is 2. The summed E-state index contributed by atoms with van der Waals surface area (Å²) in [4.78, 5) is 26.2. The van der Waals surface area contributed by atoms with Crippen molar-refractivity contribution in [3.8, 4) is 22.8 Å². The number of primary amides is 1. The Hall–Kier alpha value is -3.85. The summed E-state index contributed by atoms with van der Waals surface area (Å²) in [6.07, 6.45) is 3.84. The molecule has 1 aliphatic rings. The van der Waals surface area contributed by atoms with Crippen LogP contribution in [0.4, 0.5) is 10.2 Å². The molecule has 1 atom stereocenters. The van der Waals surface area contributed by atoms with Gasteiger partial charge in [0, 0.05) is 29.8 Å². The molecular formula is C25H25ClFN5O3. The SMILES string of the molecule is NC(=O)c1c(-c2ccc(Oc3ccc(Cl)cc3)cc2)nn(C2CCCN(C(=O)C=CCF)C2)c1N. The predicted octanol–water partition coefficient (Wildman–Crippen LogP) is 4.37. The lowest BCUT2D eigenvalue weighted by Gasteiger charge is -2.32. The van der Waals surface area contributed by atoms with E-state index in [0.717, 1.165) is 6.42 Å². The van der Waals surface area contributed by atoms with Crippen LogP contribution in [0.25, 0.3) is 11.3 Å². The molecule has 0 spiro atoms. The second-order valence-corrected chi connectivity index (χ2v) is 8.57. The van der Waals surface area contributed by atoms with Gasteiger partial charge < -0.3 is 21.1 Å². The Balaban J connectivity index is 1.59. The van der Waals surface area contributed by atoms with E-state index in [1.807, 2.05) is 0 Å². The van der Waals surface area contributed by atoms with Crippen molar-refractivity contribution in [2.45, 2.75) is 18.9 Å². The molecule has 0 bridgehead atoms. The number of ether oxygens (including phenoxy) is 1. The number of carbonyl (C=O) groups is 2. The molecular weight excluding hydrogens is 473 g/mol. The van der Waals surface area contributed by atoms with Gasteiger partial charge in [0.25, 0.3) is 5.91 Å². The average molecular weight is 498 g/mol. The number of piperidine rings is 1. The van der Waals surface area contributed by atoms with Crippen molar-refractivity contribution < 1.29 is 18.7 Å². The van der Waals surface area contributed by atoms with Gasteiger partial charge in [0.1, 0.15) is 35.2 Å². The van der Waals surface area contributed by atoms with Crippen LogP contribution in [-0.2, 0) is 4.79 Å². The highest BCUT2D eigenvalue weighted by Gasteiger charge is 2.29. The molecule has 4 rings (SSSR count). The Labute approximate surface area is 206 Å². The lowest BCUT2D eigenvalue weighted by Crippen LogP contribution is -2.40. The maximum atomic E-state index is 12.4. The van der Waals surface area contributed by atoms with Crippen molar-refractivity contribution in [1.82, 2.24) is 14.7 Å². The molecule has 1 unspecified atom stereocenters. The topological polar surface area (TPSA) is 116 Å². The van der Waals surface area contributed by atoms with Gasteiger partial charge in [0.2, 0.25) is 5.91 Å². The Morgan fingerprint density at radius 3 is 2.43 bits per heavy atom. The van der Waals surface area contributed by atoms with Crippen LogP contribution in [0.15, 0.2) is 60.7 Å². The molecule has 8 nitrogen and oxygen atoms in total. The van der Waals surface area contributed by atoms with Crippen LogP contribution < -0.4 is 16.2 Å². The third kappa shape index (κ3) is 5.46. The molecule has 1 saturated heterocycles. The number of hydrogen-bond donors (Lipinski definition) is 2. The number of anilines is 1. The molecule has 0 radical (unpaired) electrons. The maximum absolute atomic E-state index is 12.4. The largest absolute Gasteiger partial charge is 0.457 e. The summed E-state index contributed by atoms with van der Waals surface area (Å²) in [5.74, 6) is 0.398. The number of benzene rings is 2. The van der Waals surface area contributed by atoms with Crippen LogP contribution in [0.2, 0.25) is 5.02 Å². The molecule has 1 aromatic heterocycles. The number of alkyl halides is 1. The fraction of sp³-hybridized carbons (Fsp3) is 0.240. The molecule has 4 N–H and O–H groups in total. The monoisotopic (exact) mass is 497 g/mol. The second kappa shape index (κ2) is 10.6. The minimum Gasteiger partial charge on any atom is -0.457 e. The van der Waals surface area contributed by atoms with Gasteiger partial charge in [-0.15, -0.1) is 0 Å². The average Bonchev–Trinajstić information content (AvgIpc) is 3.21. The van der Waals surface area contributed by atoms with E-state index in [1.165, 1.54) is 12.2 Å². The Morgan fingerprint density at radius 1 is 1.14 bits per heavy atom. The quantitative estimate of drug-likeness (QED) is 0.470. The predicted molar refractivity (Wildman–Crippen MR) is 132 cm³/mol. The van der Waals surface area contributed by atoms with Gasteiger partial charge >= 0.3 is 0 Å². The highest BCUT2D eigenvalue weighted by Crippen LogP contribution is 2.33. The fourth-order valence-corrected chi connectivity index (χ4v) is 4.22. The van der Waals surface area contributed by atoms with E-state index >= 15 is 0 Å². The number of hydrogen-bond acceptors (Lipinski definition) is 5. The number of nitrogens with two attached hydrogens (primary N) is 2. The first kappa shape index (κ1) is 24.3. The number of rotatable bonds is 7. The number of allylic oxidation sites excluding steroid dienone is 1. The summed E-state index contributed by atoms with van der Waals surface area (Å²) >= 11 is 5.91. The maximum Gasteiger partial charge on any atom is 0.254 e. The van der Waals surface area contributed by atoms with Gasteiger partial charge in [-0.3, -0.25) is 9.59 Å². The number of carbonyl (C=O) groups excluding carboxylic acids is 2. The molecule has 182 valence electrons. The van der Waals surface area contributed by atoms with E-state index in [9.17, 15) is 14.0 Å². The summed E-state index contributed by atoms with van der Waals surface area (Å²) in [6.45, 7) is 0.189. The van der Waals surface area contributed by atoms with Crippen molar-refractivity contribution in [2.75, 3.05) is 25.5 Å². The number of nitrogens with zero attached hydrogens (tertiary/aromatic N) is 3. The van der Waals surface area contributed by atoms with E-state index in [-0.39, 0.29) is 23.3 Å². The van der Waals surface area contributed by atoms with Crippen molar-refractivity contribution in [3.63, 3.8) is 0 Å². The molecule has 35 heavy (non-hydrogen) atoms. The van der Waals surface area contributed by atoms with Gasteiger partial charge in [0.05, 0.1) is 6.04 Å². The zero-order chi connectivity index (χ0) is 24.9. The molecule has 0 aliphatic carbocycles. The standard InChI is InChI=1S/C25H25ClFN5O3/c26-17-7-11-20(12-8-17)35-19-9-5-16(6-10-19)23-22(25(29)34)24(28)32(30-23)18-3-2-14-31(15-18)21(33)4-1-13-27/h1,4-12,18H,2-3,13-15,28H2,(H2,29,34). The molecule has 1 fully saturated rings. The van der Waals surface area contributed by atoms with Crippen LogP contribution in [0.5, 0.6) is 11.5 Å². The lowest BCUT2D eigenvalue weighted by atomic mass is 10.1. The molecule has 0 saturated carbocycles. The van der Waals surface area contributed by atoms with Crippen LogP contribution >= 0.6 is 11.6 Å². The summed E-state index contributed by atoms with van der Waals surface area (Å²) in [7, 11) is 0. The normalized spacial score (nSPS) is 15.9. The van der Waals surface area contributed by atoms with Gasteiger partial charge in [0.15, 0.2) is 0 Å². The Morgan fingerprint density at radius 2 is 1.80 bits per heavy atom. The van der Waals surface area contributed by atoms with E-state index in [0.29, 0.717) is 47.3 Å². The third-order valence-corrected chi connectivity index (χ3v) is 6.03. The third-order valence-electron chi connectivity index (χ3n) is 5.77. The molecule has 10 heteroatoms. The molecule has 2 aromatic carbocycles. The van der Waals surface area contributed by atoms with Crippen molar-refractivity contribution in [2.24, 2.45) is 5.73 Å². The minimum atomic E-state index is -0.704. The first-order valence-electron chi connectivity index (χ1n) is 11.1. The van der Waals surface area contributed by atoms with Gasteiger partial charge in [-0.05, 0) is 67.4 Å². The Kier molecular flexibility index (Phi) is 7.36. The summed E-state index contributed by atoms with van der Waals surface area (Å²) in [6, 6.07) is 13.8. The lowest BCUT2D eigenvalue weighted by molar-refractivity contribution is -0.127. The number of likely N-dealkylation sites (tertiary alicyclic amines) is 1. The highest BCUT2D eigenvalue weighted by molar-refractivity contribution is 6.30. The van der Waals surface area contributed by atoms with E-state index in [4.69, 9.17) is 27.8 Å². The smallest absolute Gasteiger partial charge is 0.254 e. The van der Waals surface area contributed by atoms with Crippen LogP contribution in [-0.4, -0.2) is 46.3 Å². The molecule has 2 heterocycles. The molecule has 1 aliphatic heterocycles. The first-order chi connectivity index (χ1) is 16.9. The van der Waals surface area contributed by atoms with Crippen LogP contribution in [0.3, 0.4) is 0 Å². The van der Waals surface area contributed by atoms with Gasteiger partial charge in [-0.2, -0.15) is 5.10 Å². The second-order valence-electron chi connectivity index (χ2n) is 8.14. The van der Waals surface area contributed by atoms with Crippen molar-refractivity contribution in [3.05, 3.63) is 71.3 Å². The number of nitrogen functional groups attached to an aromatic ring is 1.